The number of Topliss-reactive ketones (excluding diaryl/α,β-unsaturated/α-hetero) is 1. The SMILES string of the molecule is COP(=O)(OC)C(=[N+]=[N-])C(=O)[C@H]1CC2(C[C@H]1O[Si](C)(C)C)OCCO2. The molecule has 0 amide bonds. The lowest BCUT2D eigenvalue weighted by Crippen LogP contribution is -2.38. The molecule has 2 fully saturated rings. The standard InChI is InChI=1S/C14H25N2O7PSi/c1-19-24(18,20-2)13(16-15)12(17)10-8-14(21-6-7-22-14)9-11(10)23-25(3,4)5/h10-11H,6-9H2,1-5H3/t10-,11+/m0/s1. The van der Waals surface area contributed by atoms with Crippen LogP contribution in [0.2, 0.25) is 19.6 Å². The molecule has 2 aliphatic rings. The van der Waals surface area contributed by atoms with Crippen molar-refractivity contribution in [3.8, 4) is 0 Å². The molecule has 1 aliphatic carbocycles. The van der Waals surface area contributed by atoms with Gasteiger partial charge in [0.1, 0.15) is 0 Å². The molecule has 0 bridgehead atoms. The van der Waals surface area contributed by atoms with Gasteiger partial charge in [-0.3, -0.25) is 4.79 Å². The van der Waals surface area contributed by atoms with Crippen LogP contribution in [0.4, 0.5) is 0 Å². The van der Waals surface area contributed by atoms with Crippen molar-refractivity contribution in [2.24, 2.45) is 5.92 Å². The van der Waals surface area contributed by atoms with Crippen molar-refractivity contribution in [3.63, 3.8) is 0 Å². The van der Waals surface area contributed by atoms with Gasteiger partial charge in [-0.2, -0.15) is 4.79 Å². The molecule has 2 atom stereocenters. The Morgan fingerprint density at radius 1 is 1.20 bits per heavy atom. The van der Waals surface area contributed by atoms with Crippen molar-refractivity contribution in [1.82, 2.24) is 0 Å². The first-order chi connectivity index (χ1) is 11.6. The molecule has 9 nitrogen and oxygen atoms in total. The second kappa shape index (κ2) is 7.50. The summed E-state index contributed by atoms with van der Waals surface area (Å²) in [5.41, 5.74) is 8.63. The van der Waals surface area contributed by atoms with Crippen molar-refractivity contribution in [2.45, 2.75) is 44.4 Å². The van der Waals surface area contributed by atoms with E-state index in [4.69, 9.17) is 22.9 Å². The fourth-order valence-corrected chi connectivity index (χ4v) is 5.42. The van der Waals surface area contributed by atoms with Crippen molar-refractivity contribution >= 4 is 27.1 Å². The van der Waals surface area contributed by atoms with Crippen LogP contribution in [0.5, 0.6) is 0 Å². The molecule has 142 valence electrons. The monoisotopic (exact) mass is 392 g/mol. The van der Waals surface area contributed by atoms with Crippen molar-refractivity contribution in [3.05, 3.63) is 5.53 Å². The van der Waals surface area contributed by atoms with Gasteiger partial charge in [0.05, 0.1) is 25.2 Å². The van der Waals surface area contributed by atoms with Crippen LogP contribution in [0, 0.1) is 5.92 Å². The lowest BCUT2D eigenvalue weighted by Gasteiger charge is -2.26. The van der Waals surface area contributed by atoms with Gasteiger partial charge in [0.15, 0.2) is 14.1 Å². The summed E-state index contributed by atoms with van der Waals surface area (Å²) in [4.78, 5) is 15.9. The minimum absolute atomic E-state index is 0.230. The Morgan fingerprint density at radius 3 is 2.20 bits per heavy atom. The van der Waals surface area contributed by atoms with E-state index in [0.717, 1.165) is 14.2 Å². The third-order valence-electron chi connectivity index (χ3n) is 4.20. The third-order valence-corrected chi connectivity index (χ3v) is 7.00. The average Bonchev–Trinajstić information content (AvgIpc) is 3.13. The number of ketones is 1. The van der Waals surface area contributed by atoms with Crippen LogP contribution in [-0.4, -0.2) is 63.7 Å². The number of hydrogen-bond donors (Lipinski definition) is 0. The van der Waals surface area contributed by atoms with E-state index in [9.17, 15) is 14.9 Å². The summed E-state index contributed by atoms with van der Waals surface area (Å²) in [5, 5.41) is 0. The van der Waals surface area contributed by atoms with Gasteiger partial charge in [-0.25, -0.2) is 4.57 Å². The van der Waals surface area contributed by atoms with E-state index in [1.165, 1.54) is 0 Å². The lowest BCUT2D eigenvalue weighted by atomic mass is 10.0. The molecule has 11 heteroatoms. The highest BCUT2D eigenvalue weighted by Crippen LogP contribution is 2.51. The molecule has 1 heterocycles. The molecule has 0 aromatic carbocycles. The number of ether oxygens (including phenoxy) is 2. The van der Waals surface area contributed by atoms with E-state index in [1.54, 1.807) is 0 Å². The second-order valence-corrected chi connectivity index (χ2v) is 13.7. The highest BCUT2D eigenvalue weighted by molar-refractivity contribution is 7.74. The molecule has 25 heavy (non-hydrogen) atoms. The smallest absolute Gasteiger partial charge is 0.414 e. The predicted octanol–water partition coefficient (Wildman–Crippen LogP) is 2.04. The summed E-state index contributed by atoms with van der Waals surface area (Å²) >= 11 is 0. The first-order valence-corrected chi connectivity index (χ1v) is 13.0. The fraction of sp³-hybridized carbons (Fsp3) is 0.857. The molecule has 0 aromatic heterocycles. The highest BCUT2D eigenvalue weighted by Gasteiger charge is 2.58. The van der Waals surface area contributed by atoms with Gasteiger partial charge in [0, 0.05) is 27.1 Å². The highest BCUT2D eigenvalue weighted by atomic mass is 31.2. The molecule has 1 aliphatic heterocycles. The van der Waals surface area contributed by atoms with Gasteiger partial charge < -0.3 is 28.5 Å². The van der Waals surface area contributed by atoms with E-state index in [1.807, 2.05) is 19.6 Å². The first-order valence-electron chi connectivity index (χ1n) is 8.04. The zero-order valence-electron chi connectivity index (χ0n) is 15.2. The van der Waals surface area contributed by atoms with Gasteiger partial charge in [0.25, 0.3) is 5.78 Å². The summed E-state index contributed by atoms with van der Waals surface area (Å²) in [7, 11) is -3.73. The Labute approximate surface area is 148 Å². The molecule has 0 aromatic rings. The molecule has 1 spiro atoms. The summed E-state index contributed by atoms with van der Waals surface area (Å²) in [5.74, 6) is -2.27. The van der Waals surface area contributed by atoms with Crippen molar-refractivity contribution in [1.29, 1.82) is 0 Å². The van der Waals surface area contributed by atoms with Crippen LogP contribution in [0.1, 0.15) is 12.8 Å². The molecule has 1 saturated heterocycles. The zero-order valence-corrected chi connectivity index (χ0v) is 17.1. The van der Waals surface area contributed by atoms with Crippen LogP contribution in [0.25, 0.3) is 5.53 Å². The Hall–Kier alpha value is -0.703. The van der Waals surface area contributed by atoms with E-state index in [0.29, 0.717) is 19.6 Å². The quantitative estimate of drug-likeness (QED) is 0.214. The molecule has 0 N–H and O–H groups in total. The number of hydrogen-bond acceptors (Lipinski definition) is 7. The van der Waals surface area contributed by atoms with Crippen molar-refractivity contribution in [2.75, 3.05) is 27.4 Å². The number of rotatable bonds is 7. The average molecular weight is 392 g/mol. The number of carbonyl (C=O) groups excluding carboxylic acids is 1. The normalized spacial score (nSPS) is 26.0. The lowest BCUT2D eigenvalue weighted by molar-refractivity contribution is -0.156. The fourth-order valence-electron chi connectivity index (χ4n) is 3.22. The second-order valence-electron chi connectivity index (χ2n) is 7.04. The molecular weight excluding hydrogens is 367 g/mol. The maximum atomic E-state index is 13.0. The molecular formula is C14H25N2O7PSi. The van der Waals surface area contributed by atoms with Crippen LogP contribution >= 0.6 is 7.60 Å². The number of carbonyl (C=O) groups is 1. The Bertz CT molecular complexity index is 615. The minimum Gasteiger partial charge on any atom is -0.414 e. The largest absolute Gasteiger partial charge is 0.446 e. The van der Waals surface area contributed by atoms with Gasteiger partial charge >= 0.3 is 13.0 Å². The van der Waals surface area contributed by atoms with Gasteiger partial charge in [-0.15, -0.1) is 0 Å². The predicted molar refractivity (Wildman–Crippen MR) is 90.8 cm³/mol. The zero-order chi connectivity index (χ0) is 18.9. The summed E-state index contributed by atoms with van der Waals surface area (Å²) in [6, 6.07) is 0. The summed E-state index contributed by atoms with van der Waals surface area (Å²) < 4.78 is 39.7. The van der Waals surface area contributed by atoms with Crippen LogP contribution in [0.15, 0.2) is 0 Å². The third kappa shape index (κ3) is 4.35. The maximum Gasteiger partial charge on any atom is 0.446 e. The molecule has 1 saturated carbocycles. The summed E-state index contributed by atoms with van der Waals surface area (Å²) in [6.07, 6.45) is 0.126. The number of nitrogens with zero attached hydrogens (tertiary/aromatic N) is 2. The molecule has 2 rings (SSSR count). The van der Waals surface area contributed by atoms with Gasteiger partial charge in [-0.05, 0) is 19.6 Å². The Balaban J connectivity index is 2.33. The Morgan fingerprint density at radius 2 is 1.76 bits per heavy atom. The van der Waals surface area contributed by atoms with Gasteiger partial charge in [-0.1, -0.05) is 0 Å². The van der Waals surface area contributed by atoms with Crippen LogP contribution in [-0.2, 0) is 32.3 Å². The molecule has 0 radical (unpaired) electrons. The maximum absolute atomic E-state index is 13.0. The van der Waals surface area contributed by atoms with Crippen LogP contribution in [0.3, 0.4) is 0 Å². The van der Waals surface area contributed by atoms with E-state index >= 15 is 0 Å². The molecule has 0 unspecified atom stereocenters. The Kier molecular flexibility index (Phi) is 6.18. The van der Waals surface area contributed by atoms with Crippen molar-refractivity contribution < 1.29 is 37.1 Å². The summed E-state index contributed by atoms with van der Waals surface area (Å²) in [6.45, 7) is 6.90. The van der Waals surface area contributed by atoms with Crippen LogP contribution < -0.4 is 0 Å². The van der Waals surface area contributed by atoms with E-state index in [-0.39, 0.29) is 6.42 Å². The minimum atomic E-state index is -4.00. The topological polar surface area (TPSA) is 117 Å². The van der Waals surface area contributed by atoms with E-state index in [2.05, 4.69) is 4.79 Å². The first kappa shape index (κ1) is 20.6. The van der Waals surface area contributed by atoms with Gasteiger partial charge in [0.2, 0.25) is 0 Å². The van der Waals surface area contributed by atoms with E-state index < -0.39 is 45.0 Å².